The van der Waals surface area contributed by atoms with E-state index in [2.05, 4.69) is 14.9 Å². The zero-order chi connectivity index (χ0) is 15.3. The van der Waals surface area contributed by atoms with Gasteiger partial charge < -0.3 is 15.2 Å². The fourth-order valence-corrected chi connectivity index (χ4v) is 2.71. The molecule has 0 bridgehead atoms. The second-order valence-electron chi connectivity index (χ2n) is 5.41. The molecule has 1 atom stereocenters. The molecule has 0 spiro atoms. The average molecular weight is 294 g/mol. The van der Waals surface area contributed by atoms with E-state index in [4.69, 9.17) is 15.2 Å². The second kappa shape index (κ2) is 6.93. The Morgan fingerprint density at radius 2 is 2.43 bits per heavy atom. The Labute approximate surface area is 124 Å². The molecular weight excluding hydrogens is 272 g/mol. The van der Waals surface area contributed by atoms with Crippen LogP contribution in [0.2, 0.25) is 0 Å². The number of methoxy groups -OCH3 is 1. The van der Waals surface area contributed by atoms with Gasteiger partial charge in [0.25, 0.3) is 0 Å². The molecule has 0 saturated carbocycles. The van der Waals surface area contributed by atoms with Crippen LogP contribution in [0.3, 0.4) is 0 Å². The summed E-state index contributed by atoms with van der Waals surface area (Å²) in [7, 11) is 1.60. The van der Waals surface area contributed by atoms with E-state index in [9.17, 15) is 4.79 Å². The Bertz CT molecular complexity index is 493. The SMILES string of the molecule is COC[C@@]1(CC(N)=O)CN(Cc2ccnc(C)n2)CCO1. The van der Waals surface area contributed by atoms with Gasteiger partial charge in [0.15, 0.2) is 0 Å². The summed E-state index contributed by atoms with van der Waals surface area (Å²) in [6.07, 6.45) is 1.91. The van der Waals surface area contributed by atoms with Crippen molar-refractivity contribution in [3.8, 4) is 0 Å². The predicted octanol–water partition coefficient (Wildman–Crippen LogP) is -0.122. The van der Waals surface area contributed by atoms with Crippen molar-refractivity contribution in [2.75, 3.05) is 33.4 Å². The first-order chi connectivity index (χ1) is 10.0. The maximum atomic E-state index is 11.3. The third kappa shape index (κ3) is 4.45. The van der Waals surface area contributed by atoms with Crippen molar-refractivity contribution in [1.29, 1.82) is 0 Å². The number of primary amides is 1. The highest BCUT2D eigenvalue weighted by Gasteiger charge is 2.38. The summed E-state index contributed by atoms with van der Waals surface area (Å²) >= 11 is 0. The number of ether oxygens (including phenoxy) is 2. The normalized spacial score (nSPS) is 23.1. The van der Waals surface area contributed by atoms with Crippen LogP contribution in [-0.4, -0.2) is 59.8 Å². The van der Waals surface area contributed by atoms with E-state index in [1.54, 1.807) is 13.3 Å². The third-order valence-corrected chi connectivity index (χ3v) is 3.45. The van der Waals surface area contributed by atoms with E-state index in [0.717, 1.165) is 18.1 Å². The van der Waals surface area contributed by atoms with Crippen molar-refractivity contribution in [3.63, 3.8) is 0 Å². The largest absolute Gasteiger partial charge is 0.382 e. The quantitative estimate of drug-likeness (QED) is 0.786. The average Bonchev–Trinajstić information content (AvgIpc) is 2.38. The first kappa shape index (κ1) is 15.8. The van der Waals surface area contributed by atoms with Crippen molar-refractivity contribution < 1.29 is 14.3 Å². The molecule has 1 saturated heterocycles. The predicted molar refractivity (Wildman–Crippen MR) is 76.4 cm³/mol. The summed E-state index contributed by atoms with van der Waals surface area (Å²) in [6.45, 7) is 4.82. The third-order valence-electron chi connectivity index (χ3n) is 3.45. The zero-order valence-electron chi connectivity index (χ0n) is 12.5. The molecule has 7 nitrogen and oxygen atoms in total. The van der Waals surface area contributed by atoms with Crippen molar-refractivity contribution in [3.05, 3.63) is 23.8 Å². The molecule has 21 heavy (non-hydrogen) atoms. The van der Waals surface area contributed by atoms with Gasteiger partial charge in [0.1, 0.15) is 11.4 Å². The summed E-state index contributed by atoms with van der Waals surface area (Å²) in [4.78, 5) is 22.0. The molecule has 7 heteroatoms. The molecule has 1 fully saturated rings. The van der Waals surface area contributed by atoms with E-state index >= 15 is 0 Å². The van der Waals surface area contributed by atoms with Crippen LogP contribution in [0, 0.1) is 6.92 Å². The van der Waals surface area contributed by atoms with Gasteiger partial charge in [-0.3, -0.25) is 9.69 Å². The molecular formula is C14H22N4O3. The number of aromatic nitrogens is 2. The molecule has 0 aliphatic carbocycles. The highest BCUT2D eigenvalue weighted by molar-refractivity contribution is 5.75. The fraction of sp³-hybridized carbons (Fsp3) is 0.643. The van der Waals surface area contributed by atoms with Crippen molar-refractivity contribution in [2.45, 2.75) is 25.5 Å². The Balaban J connectivity index is 2.06. The molecule has 116 valence electrons. The molecule has 1 aromatic heterocycles. The van der Waals surface area contributed by atoms with Gasteiger partial charge in [0.05, 0.1) is 25.3 Å². The highest BCUT2D eigenvalue weighted by Crippen LogP contribution is 2.23. The van der Waals surface area contributed by atoms with Gasteiger partial charge in [-0.2, -0.15) is 0 Å². The number of amides is 1. The Kier molecular flexibility index (Phi) is 5.22. The molecule has 1 aliphatic heterocycles. The first-order valence-corrected chi connectivity index (χ1v) is 6.95. The molecule has 1 aromatic rings. The molecule has 0 radical (unpaired) electrons. The minimum absolute atomic E-state index is 0.153. The molecule has 1 amide bonds. The standard InChI is InChI=1S/C14H22N4O3/c1-11-16-4-3-12(17-11)8-18-5-6-21-14(9-18,10-20-2)7-13(15)19/h3-4H,5-10H2,1-2H3,(H2,15,19)/t14-/m1/s1. The molecule has 2 N–H and O–H groups in total. The fourth-order valence-electron chi connectivity index (χ4n) is 2.71. The number of nitrogens with zero attached hydrogens (tertiary/aromatic N) is 3. The van der Waals surface area contributed by atoms with Gasteiger partial charge in [0.2, 0.25) is 5.91 Å². The lowest BCUT2D eigenvalue weighted by Crippen LogP contribution is -2.55. The molecule has 2 rings (SSSR count). The van der Waals surface area contributed by atoms with Crippen molar-refractivity contribution in [2.24, 2.45) is 5.73 Å². The van der Waals surface area contributed by atoms with Crippen LogP contribution in [0.1, 0.15) is 17.9 Å². The highest BCUT2D eigenvalue weighted by atomic mass is 16.5. The number of carbonyl (C=O) groups is 1. The van der Waals surface area contributed by atoms with Crippen molar-refractivity contribution >= 4 is 5.91 Å². The monoisotopic (exact) mass is 294 g/mol. The van der Waals surface area contributed by atoms with E-state index in [1.807, 2.05) is 13.0 Å². The summed E-state index contributed by atoms with van der Waals surface area (Å²) in [6, 6.07) is 1.90. The lowest BCUT2D eigenvalue weighted by atomic mass is 9.97. The van der Waals surface area contributed by atoms with Gasteiger partial charge in [-0.05, 0) is 13.0 Å². The van der Waals surface area contributed by atoms with Crippen LogP contribution < -0.4 is 5.73 Å². The van der Waals surface area contributed by atoms with Crippen LogP contribution >= 0.6 is 0 Å². The number of hydrogen-bond acceptors (Lipinski definition) is 6. The number of nitrogens with two attached hydrogens (primary N) is 1. The van der Waals surface area contributed by atoms with Crippen molar-refractivity contribution in [1.82, 2.24) is 14.9 Å². The van der Waals surface area contributed by atoms with E-state index in [-0.39, 0.29) is 12.3 Å². The minimum atomic E-state index is -0.666. The van der Waals surface area contributed by atoms with E-state index in [0.29, 0.717) is 26.3 Å². The Morgan fingerprint density at radius 3 is 3.10 bits per heavy atom. The van der Waals surface area contributed by atoms with Crippen LogP contribution in [0.25, 0.3) is 0 Å². The Hall–Kier alpha value is -1.57. The summed E-state index contributed by atoms with van der Waals surface area (Å²) in [5, 5.41) is 0. The van der Waals surface area contributed by atoms with E-state index < -0.39 is 5.60 Å². The topological polar surface area (TPSA) is 90.6 Å². The van der Waals surface area contributed by atoms with Gasteiger partial charge in [0, 0.05) is 32.9 Å². The summed E-state index contributed by atoms with van der Waals surface area (Å²) < 4.78 is 11.0. The van der Waals surface area contributed by atoms with Gasteiger partial charge >= 0.3 is 0 Å². The molecule has 0 unspecified atom stereocenters. The molecule has 1 aliphatic rings. The smallest absolute Gasteiger partial charge is 0.220 e. The maximum Gasteiger partial charge on any atom is 0.220 e. The number of aryl methyl sites for hydroxylation is 1. The van der Waals surface area contributed by atoms with Crippen LogP contribution in [0.4, 0.5) is 0 Å². The lowest BCUT2D eigenvalue weighted by Gasteiger charge is -2.41. The number of hydrogen-bond donors (Lipinski definition) is 1. The molecule has 2 heterocycles. The maximum absolute atomic E-state index is 11.3. The first-order valence-electron chi connectivity index (χ1n) is 6.95. The summed E-state index contributed by atoms with van der Waals surface area (Å²) in [5.41, 5.74) is 5.63. The molecule has 0 aromatic carbocycles. The van der Waals surface area contributed by atoms with Crippen LogP contribution in [0.5, 0.6) is 0 Å². The Morgan fingerprint density at radius 1 is 1.62 bits per heavy atom. The second-order valence-corrected chi connectivity index (χ2v) is 5.41. The minimum Gasteiger partial charge on any atom is -0.382 e. The van der Waals surface area contributed by atoms with Gasteiger partial charge in [-0.1, -0.05) is 0 Å². The zero-order valence-corrected chi connectivity index (χ0v) is 12.5. The number of carbonyl (C=O) groups excluding carboxylic acids is 1. The summed E-state index contributed by atoms with van der Waals surface area (Å²) in [5.74, 6) is 0.368. The van der Waals surface area contributed by atoms with Gasteiger partial charge in [-0.25, -0.2) is 9.97 Å². The lowest BCUT2D eigenvalue weighted by molar-refractivity contribution is -0.154. The number of morpholine rings is 1. The van der Waals surface area contributed by atoms with E-state index in [1.165, 1.54) is 0 Å². The number of rotatable bonds is 6. The van der Waals surface area contributed by atoms with Gasteiger partial charge in [-0.15, -0.1) is 0 Å². The van der Waals surface area contributed by atoms with Crippen LogP contribution in [-0.2, 0) is 20.8 Å². The van der Waals surface area contributed by atoms with Crippen LogP contribution in [0.15, 0.2) is 12.3 Å².